The van der Waals surface area contributed by atoms with Crippen LogP contribution in [0, 0.1) is 0 Å². The van der Waals surface area contributed by atoms with Gasteiger partial charge in [-0.3, -0.25) is 4.79 Å². The van der Waals surface area contributed by atoms with Crippen molar-refractivity contribution in [1.29, 1.82) is 0 Å². The van der Waals surface area contributed by atoms with Gasteiger partial charge in [-0.05, 0) is 49.4 Å². The van der Waals surface area contributed by atoms with Crippen molar-refractivity contribution in [1.82, 2.24) is 14.9 Å². The van der Waals surface area contributed by atoms with Gasteiger partial charge in [0.2, 0.25) is 5.88 Å². The molecule has 3 aromatic rings. The third-order valence-electron chi connectivity index (χ3n) is 5.04. The number of ether oxygens (including phenoxy) is 1. The summed E-state index contributed by atoms with van der Waals surface area (Å²) < 4.78 is 5.81. The average molecular weight is 478 g/mol. The standard InChI is InChI=1S/C22H19Cl3N4O2/c1-14-12-28(8-9-29(14)22(30)18-7-4-16(24)10-19(18)25)20-11-21(27-13-26-20)31-17-5-2-15(23)3-6-17/h2-7,10-11,13-14H,8-9,12H2,1H3/t14-/m0/s1. The molecule has 0 radical (unpaired) electrons. The molecular weight excluding hydrogens is 459 g/mol. The Balaban J connectivity index is 1.45. The first-order valence-corrected chi connectivity index (χ1v) is 10.8. The summed E-state index contributed by atoms with van der Waals surface area (Å²) in [5.41, 5.74) is 0.451. The number of piperazine rings is 1. The predicted octanol–water partition coefficient (Wildman–Crippen LogP) is 5.58. The summed E-state index contributed by atoms with van der Waals surface area (Å²) in [7, 11) is 0. The number of nitrogens with zero attached hydrogens (tertiary/aromatic N) is 4. The van der Waals surface area contributed by atoms with E-state index in [1.165, 1.54) is 6.33 Å². The molecule has 0 aliphatic carbocycles. The number of benzene rings is 2. The number of hydrogen-bond donors (Lipinski definition) is 0. The molecule has 160 valence electrons. The van der Waals surface area contributed by atoms with Crippen molar-refractivity contribution in [2.75, 3.05) is 24.5 Å². The van der Waals surface area contributed by atoms with Crippen molar-refractivity contribution < 1.29 is 9.53 Å². The minimum absolute atomic E-state index is 0.0383. The first-order valence-electron chi connectivity index (χ1n) is 9.67. The molecule has 0 unspecified atom stereocenters. The van der Waals surface area contributed by atoms with Gasteiger partial charge in [0.05, 0.1) is 10.6 Å². The van der Waals surface area contributed by atoms with Crippen molar-refractivity contribution in [2.45, 2.75) is 13.0 Å². The number of hydrogen-bond acceptors (Lipinski definition) is 5. The number of amides is 1. The maximum absolute atomic E-state index is 13.0. The summed E-state index contributed by atoms with van der Waals surface area (Å²) in [5, 5.41) is 1.49. The second kappa shape index (κ2) is 9.30. The van der Waals surface area contributed by atoms with Crippen LogP contribution in [-0.4, -0.2) is 46.5 Å². The molecule has 1 aliphatic heterocycles. The summed E-state index contributed by atoms with van der Waals surface area (Å²) in [5.74, 6) is 1.70. The van der Waals surface area contributed by atoms with Crippen LogP contribution in [0.25, 0.3) is 0 Å². The van der Waals surface area contributed by atoms with Crippen LogP contribution in [0.1, 0.15) is 17.3 Å². The van der Waals surface area contributed by atoms with E-state index in [1.54, 1.807) is 48.5 Å². The smallest absolute Gasteiger partial charge is 0.255 e. The van der Waals surface area contributed by atoms with E-state index in [-0.39, 0.29) is 11.9 Å². The van der Waals surface area contributed by atoms with Crippen LogP contribution in [-0.2, 0) is 0 Å². The Morgan fingerprint density at radius 2 is 1.74 bits per heavy atom. The summed E-state index contributed by atoms with van der Waals surface area (Å²) in [6.45, 7) is 3.78. The Hall–Kier alpha value is -2.54. The molecule has 1 saturated heterocycles. The molecule has 1 atom stereocenters. The highest BCUT2D eigenvalue weighted by molar-refractivity contribution is 6.36. The van der Waals surface area contributed by atoms with Crippen LogP contribution in [0.4, 0.5) is 5.82 Å². The van der Waals surface area contributed by atoms with E-state index < -0.39 is 0 Å². The van der Waals surface area contributed by atoms with Gasteiger partial charge in [-0.25, -0.2) is 9.97 Å². The second-order valence-corrected chi connectivity index (χ2v) is 8.47. The lowest BCUT2D eigenvalue weighted by molar-refractivity contribution is 0.0674. The quantitative estimate of drug-likeness (QED) is 0.491. The summed E-state index contributed by atoms with van der Waals surface area (Å²) >= 11 is 18.1. The Labute approximate surface area is 195 Å². The molecule has 2 heterocycles. The van der Waals surface area contributed by atoms with Gasteiger partial charge in [0.15, 0.2) is 0 Å². The van der Waals surface area contributed by atoms with Crippen molar-refractivity contribution in [3.8, 4) is 11.6 Å². The van der Waals surface area contributed by atoms with Gasteiger partial charge in [0.25, 0.3) is 5.91 Å². The van der Waals surface area contributed by atoms with Gasteiger partial charge < -0.3 is 14.5 Å². The maximum Gasteiger partial charge on any atom is 0.255 e. The van der Waals surface area contributed by atoms with Gasteiger partial charge >= 0.3 is 0 Å². The average Bonchev–Trinajstić information content (AvgIpc) is 2.75. The van der Waals surface area contributed by atoms with E-state index >= 15 is 0 Å². The van der Waals surface area contributed by atoms with Gasteiger partial charge in [-0.2, -0.15) is 0 Å². The Kier molecular flexibility index (Phi) is 6.51. The molecule has 31 heavy (non-hydrogen) atoms. The first kappa shape index (κ1) is 21.7. The monoisotopic (exact) mass is 476 g/mol. The van der Waals surface area contributed by atoms with Gasteiger partial charge in [0, 0.05) is 41.8 Å². The minimum atomic E-state index is -0.108. The van der Waals surface area contributed by atoms with Crippen molar-refractivity contribution in [3.63, 3.8) is 0 Å². The SMILES string of the molecule is C[C@H]1CN(c2cc(Oc3ccc(Cl)cc3)ncn2)CCN1C(=O)c1ccc(Cl)cc1Cl. The largest absolute Gasteiger partial charge is 0.439 e. The lowest BCUT2D eigenvalue weighted by atomic mass is 10.1. The van der Waals surface area contributed by atoms with E-state index in [0.29, 0.717) is 51.9 Å². The Bertz CT molecular complexity index is 1090. The van der Waals surface area contributed by atoms with Gasteiger partial charge in [-0.1, -0.05) is 34.8 Å². The number of aromatic nitrogens is 2. The fourth-order valence-electron chi connectivity index (χ4n) is 3.47. The third-order valence-corrected chi connectivity index (χ3v) is 5.84. The minimum Gasteiger partial charge on any atom is -0.439 e. The van der Waals surface area contributed by atoms with E-state index in [4.69, 9.17) is 39.5 Å². The Morgan fingerprint density at radius 3 is 2.45 bits per heavy atom. The molecule has 0 N–H and O–H groups in total. The number of carbonyl (C=O) groups is 1. The molecule has 0 saturated carbocycles. The van der Waals surface area contributed by atoms with E-state index in [0.717, 1.165) is 5.82 Å². The number of rotatable bonds is 4. The molecule has 1 aromatic heterocycles. The van der Waals surface area contributed by atoms with Crippen molar-refractivity contribution >= 4 is 46.5 Å². The van der Waals surface area contributed by atoms with E-state index in [1.807, 2.05) is 11.8 Å². The molecule has 1 aliphatic rings. The zero-order valence-electron chi connectivity index (χ0n) is 16.6. The number of carbonyl (C=O) groups excluding carboxylic acids is 1. The molecule has 2 aromatic carbocycles. The van der Waals surface area contributed by atoms with Crippen LogP contribution in [0.3, 0.4) is 0 Å². The van der Waals surface area contributed by atoms with Gasteiger partial charge in [0.1, 0.15) is 17.9 Å². The fraction of sp³-hybridized carbons (Fsp3) is 0.227. The highest BCUT2D eigenvalue weighted by atomic mass is 35.5. The molecular formula is C22H19Cl3N4O2. The highest BCUT2D eigenvalue weighted by Crippen LogP contribution is 2.27. The van der Waals surface area contributed by atoms with E-state index in [9.17, 15) is 4.79 Å². The van der Waals surface area contributed by atoms with Crippen LogP contribution in [0.15, 0.2) is 54.9 Å². The molecule has 9 heteroatoms. The summed E-state index contributed by atoms with van der Waals surface area (Å²) in [6, 6.07) is 13.7. The maximum atomic E-state index is 13.0. The fourth-order valence-corrected chi connectivity index (χ4v) is 4.08. The lowest BCUT2D eigenvalue weighted by Gasteiger charge is -2.40. The summed E-state index contributed by atoms with van der Waals surface area (Å²) in [6.07, 6.45) is 1.47. The number of halogens is 3. The predicted molar refractivity (Wildman–Crippen MR) is 123 cm³/mol. The first-order chi connectivity index (χ1) is 14.9. The highest BCUT2D eigenvalue weighted by Gasteiger charge is 2.30. The molecule has 0 spiro atoms. The van der Waals surface area contributed by atoms with Crippen LogP contribution >= 0.6 is 34.8 Å². The molecule has 6 nitrogen and oxygen atoms in total. The third kappa shape index (κ3) is 5.03. The van der Waals surface area contributed by atoms with E-state index in [2.05, 4.69) is 14.9 Å². The molecule has 4 rings (SSSR count). The zero-order valence-corrected chi connectivity index (χ0v) is 18.9. The normalized spacial score (nSPS) is 16.3. The van der Waals surface area contributed by atoms with Gasteiger partial charge in [-0.15, -0.1) is 0 Å². The topological polar surface area (TPSA) is 58.6 Å². The lowest BCUT2D eigenvalue weighted by Crippen LogP contribution is -2.54. The zero-order chi connectivity index (χ0) is 22.0. The molecule has 1 fully saturated rings. The number of anilines is 1. The van der Waals surface area contributed by atoms with Crippen molar-refractivity contribution in [2.24, 2.45) is 0 Å². The van der Waals surface area contributed by atoms with Crippen LogP contribution < -0.4 is 9.64 Å². The van der Waals surface area contributed by atoms with Crippen molar-refractivity contribution in [3.05, 3.63) is 75.5 Å². The molecule has 1 amide bonds. The molecule has 0 bridgehead atoms. The summed E-state index contributed by atoms with van der Waals surface area (Å²) in [4.78, 5) is 25.5. The van der Waals surface area contributed by atoms with Crippen LogP contribution in [0.5, 0.6) is 11.6 Å². The van der Waals surface area contributed by atoms with Crippen LogP contribution in [0.2, 0.25) is 15.1 Å². The Morgan fingerprint density at radius 1 is 1.00 bits per heavy atom. The second-order valence-electron chi connectivity index (χ2n) is 7.19.